The highest BCUT2D eigenvalue weighted by atomic mass is 32.2. The van der Waals surface area contributed by atoms with Gasteiger partial charge in [0.15, 0.2) is 4.34 Å². The van der Waals surface area contributed by atoms with Gasteiger partial charge in [-0.05, 0) is 0 Å². The SMILES string of the molecule is CC(C)c1nc(CSc2nc(CC(=O)O)cs2)cs1. The summed E-state index contributed by atoms with van der Waals surface area (Å²) in [5.41, 5.74) is 1.69. The molecule has 0 aliphatic carbocycles. The Balaban J connectivity index is 1.90. The molecule has 2 aromatic rings. The minimum atomic E-state index is -0.845. The zero-order chi connectivity index (χ0) is 13.8. The Kier molecular flexibility index (Phi) is 4.95. The van der Waals surface area contributed by atoms with E-state index in [0.717, 1.165) is 20.8 Å². The van der Waals surface area contributed by atoms with E-state index in [1.165, 1.54) is 11.3 Å². The fourth-order valence-corrected chi connectivity index (χ4v) is 4.06. The van der Waals surface area contributed by atoms with Crippen molar-refractivity contribution in [1.29, 1.82) is 0 Å². The van der Waals surface area contributed by atoms with E-state index < -0.39 is 5.97 Å². The quantitative estimate of drug-likeness (QED) is 0.825. The maximum atomic E-state index is 10.6. The first-order chi connectivity index (χ1) is 9.04. The van der Waals surface area contributed by atoms with Crippen LogP contribution in [0.25, 0.3) is 0 Å². The van der Waals surface area contributed by atoms with Crippen molar-refractivity contribution in [2.24, 2.45) is 0 Å². The highest BCUT2D eigenvalue weighted by Crippen LogP contribution is 2.28. The van der Waals surface area contributed by atoms with Gasteiger partial charge in [0.2, 0.25) is 0 Å². The largest absolute Gasteiger partial charge is 0.481 e. The van der Waals surface area contributed by atoms with Crippen LogP contribution in [0.15, 0.2) is 15.1 Å². The highest BCUT2D eigenvalue weighted by Gasteiger charge is 2.09. The van der Waals surface area contributed by atoms with Crippen LogP contribution in [0.5, 0.6) is 0 Å². The van der Waals surface area contributed by atoms with Crippen molar-refractivity contribution in [2.75, 3.05) is 0 Å². The summed E-state index contributed by atoms with van der Waals surface area (Å²) in [5, 5.41) is 13.7. The van der Waals surface area contributed by atoms with Crippen molar-refractivity contribution in [2.45, 2.75) is 36.3 Å². The first kappa shape index (κ1) is 14.5. The number of aromatic nitrogens is 2. The van der Waals surface area contributed by atoms with E-state index in [0.29, 0.717) is 11.6 Å². The molecular weight excluding hydrogens is 300 g/mol. The first-order valence-electron chi connectivity index (χ1n) is 5.78. The summed E-state index contributed by atoms with van der Waals surface area (Å²) in [5.74, 6) is 0.400. The van der Waals surface area contributed by atoms with Gasteiger partial charge in [0, 0.05) is 22.4 Å². The lowest BCUT2D eigenvalue weighted by Crippen LogP contribution is -1.99. The molecule has 0 bridgehead atoms. The summed E-state index contributed by atoms with van der Waals surface area (Å²) in [4.78, 5) is 19.4. The van der Waals surface area contributed by atoms with E-state index in [-0.39, 0.29) is 6.42 Å². The van der Waals surface area contributed by atoms with Crippen LogP contribution in [0.3, 0.4) is 0 Å². The molecule has 0 aromatic carbocycles. The van der Waals surface area contributed by atoms with Gasteiger partial charge in [-0.2, -0.15) is 0 Å². The van der Waals surface area contributed by atoms with Crippen molar-refractivity contribution in [3.05, 3.63) is 27.2 Å². The third-order valence-corrected chi connectivity index (χ3v) is 5.57. The Morgan fingerprint density at radius 3 is 2.68 bits per heavy atom. The monoisotopic (exact) mass is 314 g/mol. The fraction of sp³-hybridized carbons (Fsp3) is 0.417. The van der Waals surface area contributed by atoms with E-state index >= 15 is 0 Å². The van der Waals surface area contributed by atoms with Gasteiger partial charge >= 0.3 is 5.97 Å². The number of thioether (sulfide) groups is 1. The number of carboxylic acid groups (broad SMARTS) is 1. The van der Waals surface area contributed by atoms with Gasteiger partial charge in [-0.3, -0.25) is 4.79 Å². The summed E-state index contributed by atoms with van der Waals surface area (Å²) in [7, 11) is 0. The third kappa shape index (κ3) is 4.29. The van der Waals surface area contributed by atoms with Crippen LogP contribution in [0.2, 0.25) is 0 Å². The number of rotatable bonds is 6. The minimum absolute atomic E-state index is 0.00867. The molecule has 0 unspecified atom stereocenters. The van der Waals surface area contributed by atoms with Crippen molar-refractivity contribution >= 4 is 40.4 Å². The highest BCUT2D eigenvalue weighted by molar-refractivity contribution is 8.00. The predicted molar refractivity (Wildman–Crippen MR) is 79.2 cm³/mol. The maximum Gasteiger partial charge on any atom is 0.309 e. The van der Waals surface area contributed by atoms with Gasteiger partial charge < -0.3 is 5.11 Å². The molecule has 0 saturated carbocycles. The first-order valence-corrected chi connectivity index (χ1v) is 8.52. The standard InChI is InChI=1S/C12H14N2O2S3/c1-7(2)11-13-9(5-17-11)6-19-12-14-8(4-18-12)3-10(15)16/h4-5,7H,3,6H2,1-2H3,(H,15,16). The molecule has 1 N–H and O–H groups in total. The summed E-state index contributed by atoms with van der Waals surface area (Å²) >= 11 is 4.78. The van der Waals surface area contributed by atoms with Crippen molar-refractivity contribution in [3.63, 3.8) is 0 Å². The Labute approximate surface area is 123 Å². The molecule has 4 nitrogen and oxygen atoms in total. The summed E-state index contributed by atoms with van der Waals surface area (Å²) in [6, 6.07) is 0. The summed E-state index contributed by atoms with van der Waals surface area (Å²) < 4.78 is 0.898. The zero-order valence-electron chi connectivity index (χ0n) is 10.6. The molecule has 0 aliphatic rings. The lowest BCUT2D eigenvalue weighted by atomic mass is 10.2. The van der Waals surface area contributed by atoms with Crippen LogP contribution >= 0.6 is 34.4 Å². The van der Waals surface area contributed by atoms with Gasteiger partial charge in [-0.1, -0.05) is 25.6 Å². The average Bonchev–Trinajstić information content (AvgIpc) is 2.94. The normalized spacial score (nSPS) is 11.1. The number of hydrogen-bond acceptors (Lipinski definition) is 6. The van der Waals surface area contributed by atoms with E-state index in [4.69, 9.17) is 5.11 Å². The van der Waals surface area contributed by atoms with E-state index in [2.05, 4.69) is 29.2 Å². The van der Waals surface area contributed by atoms with E-state index in [1.807, 2.05) is 0 Å². The molecule has 102 valence electrons. The number of thiazole rings is 2. The predicted octanol–water partition coefficient (Wildman–Crippen LogP) is 3.64. The molecular formula is C12H14N2O2S3. The molecule has 19 heavy (non-hydrogen) atoms. The van der Waals surface area contributed by atoms with E-state index in [1.54, 1.807) is 28.5 Å². The second kappa shape index (κ2) is 6.49. The smallest absolute Gasteiger partial charge is 0.309 e. The molecule has 0 atom stereocenters. The van der Waals surface area contributed by atoms with Gasteiger partial charge in [0.05, 0.1) is 22.8 Å². The van der Waals surface area contributed by atoms with Gasteiger partial charge in [-0.25, -0.2) is 9.97 Å². The van der Waals surface area contributed by atoms with Crippen LogP contribution in [-0.2, 0) is 17.0 Å². The topological polar surface area (TPSA) is 63.1 Å². The molecule has 0 fully saturated rings. The Morgan fingerprint density at radius 2 is 2.05 bits per heavy atom. The maximum absolute atomic E-state index is 10.6. The molecule has 2 heterocycles. The second-order valence-electron chi connectivity index (χ2n) is 4.30. The fourth-order valence-electron chi connectivity index (χ4n) is 1.38. The van der Waals surface area contributed by atoms with Crippen LogP contribution < -0.4 is 0 Å². The van der Waals surface area contributed by atoms with Crippen molar-refractivity contribution in [1.82, 2.24) is 9.97 Å². The molecule has 0 aliphatic heterocycles. The average molecular weight is 314 g/mol. The lowest BCUT2D eigenvalue weighted by Gasteiger charge is -1.97. The number of aliphatic carboxylic acids is 1. The number of carboxylic acids is 1. The minimum Gasteiger partial charge on any atom is -0.481 e. The Morgan fingerprint density at radius 1 is 1.32 bits per heavy atom. The van der Waals surface area contributed by atoms with Crippen molar-refractivity contribution in [3.8, 4) is 0 Å². The lowest BCUT2D eigenvalue weighted by molar-refractivity contribution is -0.136. The molecule has 2 rings (SSSR count). The van der Waals surface area contributed by atoms with Crippen LogP contribution in [0.1, 0.15) is 36.2 Å². The van der Waals surface area contributed by atoms with Crippen LogP contribution in [-0.4, -0.2) is 21.0 Å². The summed E-state index contributed by atoms with van der Waals surface area (Å²) in [6.45, 7) is 4.27. The van der Waals surface area contributed by atoms with Gasteiger partial charge in [0.25, 0.3) is 0 Å². The Bertz CT molecular complexity index is 563. The summed E-state index contributed by atoms with van der Waals surface area (Å²) in [6.07, 6.45) is -0.00867. The second-order valence-corrected chi connectivity index (χ2v) is 7.27. The number of carbonyl (C=O) groups is 1. The van der Waals surface area contributed by atoms with Gasteiger partial charge in [-0.15, -0.1) is 22.7 Å². The number of nitrogens with zero attached hydrogens (tertiary/aromatic N) is 2. The molecule has 2 aromatic heterocycles. The zero-order valence-corrected chi connectivity index (χ0v) is 13.1. The molecule has 7 heteroatoms. The van der Waals surface area contributed by atoms with Crippen LogP contribution in [0.4, 0.5) is 0 Å². The number of hydrogen-bond donors (Lipinski definition) is 1. The molecule has 0 spiro atoms. The molecule has 0 amide bonds. The van der Waals surface area contributed by atoms with Crippen molar-refractivity contribution < 1.29 is 9.90 Å². The van der Waals surface area contributed by atoms with Crippen LogP contribution in [0, 0.1) is 0 Å². The van der Waals surface area contributed by atoms with Gasteiger partial charge in [0.1, 0.15) is 0 Å². The Hall–Kier alpha value is -0.920. The molecule has 0 saturated heterocycles. The van der Waals surface area contributed by atoms with E-state index in [9.17, 15) is 4.79 Å². The third-order valence-electron chi connectivity index (χ3n) is 2.27. The molecule has 0 radical (unpaired) electrons.